The number of halogens is 1. The van der Waals surface area contributed by atoms with Gasteiger partial charge in [-0.25, -0.2) is 9.18 Å². The van der Waals surface area contributed by atoms with E-state index in [2.05, 4.69) is 5.32 Å². The zero-order chi connectivity index (χ0) is 9.14. The number of aliphatic hydroxyl groups excluding tert-OH is 1. The van der Waals surface area contributed by atoms with Gasteiger partial charge in [0.15, 0.2) is 0 Å². The van der Waals surface area contributed by atoms with Crippen LogP contribution in [0.1, 0.15) is 19.3 Å². The monoisotopic (exact) mass is 177 g/mol. The number of hydrogen-bond donors (Lipinski definition) is 3. The Hall–Kier alpha value is -0.840. The maximum Gasteiger partial charge on any atom is 0.404 e. The van der Waals surface area contributed by atoms with Crippen LogP contribution < -0.4 is 5.32 Å². The van der Waals surface area contributed by atoms with Crippen LogP contribution in [-0.4, -0.2) is 34.6 Å². The molecule has 1 rings (SSSR count). The molecule has 1 fully saturated rings. The van der Waals surface area contributed by atoms with Gasteiger partial charge in [0.2, 0.25) is 0 Å². The molecule has 0 aromatic rings. The maximum absolute atomic E-state index is 13.0. The minimum atomic E-state index is -1.26. The molecule has 0 bridgehead atoms. The molecule has 0 unspecified atom stereocenters. The summed E-state index contributed by atoms with van der Waals surface area (Å²) in [6, 6.07) is -0.647. The summed E-state index contributed by atoms with van der Waals surface area (Å²) >= 11 is 0. The van der Waals surface area contributed by atoms with Crippen molar-refractivity contribution in [2.75, 3.05) is 0 Å². The minimum absolute atomic E-state index is 0.0327. The molecule has 3 atom stereocenters. The Morgan fingerprint density at radius 3 is 2.67 bits per heavy atom. The largest absolute Gasteiger partial charge is 0.465 e. The van der Waals surface area contributed by atoms with Gasteiger partial charge in [0, 0.05) is 6.42 Å². The van der Waals surface area contributed by atoms with Crippen LogP contribution in [0.15, 0.2) is 0 Å². The first-order valence-corrected chi connectivity index (χ1v) is 3.91. The Labute approximate surface area is 69.4 Å². The zero-order valence-corrected chi connectivity index (χ0v) is 6.53. The van der Waals surface area contributed by atoms with Gasteiger partial charge in [-0.2, -0.15) is 0 Å². The third-order valence-corrected chi connectivity index (χ3v) is 2.05. The fraction of sp³-hybridized carbons (Fsp3) is 0.857. The van der Waals surface area contributed by atoms with E-state index in [4.69, 9.17) is 10.2 Å². The highest BCUT2D eigenvalue weighted by molar-refractivity contribution is 5.64. The van der Waals surface area contributed by atoms with E-state index in [9.17, 15) is 9.18 Å². The van der Waals surface area contributed by atoms with E-state index in [1.807, 2.05) is 0 Å². The first-order valence-electron chi connectivity index (χ1n) is 3.91. The highest BCUT2D eigenvalue weighted by Crippen LogP contribution is 2.21. The van der Waals surface area contributed by atoms with Gasteiger partial charge in [-0.3, -0.25) is 0 Å². The fourth-order valence-corrected chi connectivity index (χ4v) is 1.42. The van der Waals surface area contributed by atoms with Gasteiger partial charge < -0.3 is 15.5 Å². The smallest absolute Gasteiger partial charge is 0.404 e. The number of aliphatic hydroxyl groups is 1. The maximum atomic E-state index is 13.0. The molecule has 0 aromatic heterocycles. The molecule has 5 heteroatoms. The normalized spacial score (nSPS) is 36.0. The van der Waals surface area contributed by atoms with Gasteiger partial charge in [0.1, 0.15) is 6.17 Å². The lowest BCUT2D eigenvalue weighted by Gasteiger charge is -2.28. The second-order valence-electron chi connectivity index (χ2n) is 3.04. The zero-order valence-electron chi connectivity index (χ0n) is 6.53. The number of carbonyl (C=O) groups is 1. The summed E-state index contributed by atoms with van der Waals surface area (Å²) in [6.07, 6.45) is -2.22. The number of alkyl halides is 1. The van der Waals surface area contributed by atoms with Gasteiger partial charge in [-0.05, 0) is 12.8 Å². The molecule has 1 aliphatic rings. The molecule has 0 aromatic carbocycles. The summed E-state index contributed by atoms with van der Waals surface area (Å²) in [5.74, 6) is 0. The van der Waals surface area contributed by atoms with Crippen LogP contribution in [0, 0.1) is 0 Å². The SMILES string of the molecule is O=C(O)N[C@H]1CC[C@@H](O)C[C@@H]1F. The number of nitrogens with one attached hydrogen (secondary N) is 1. The standard InChI is InChI=1S/C7H12FNO3/c8-5-3-4(10)1-2-6(5)9-7(11)12/h4-6,9-10H,1-3H2,(H,11,12)/t4-,5+,6+/m1/s1. The van der Waals surface area contributed by atoms with Crippen LogP contribution in [0.25, 0.3) is 0 Å². The molecule has 12 heavy (non-hydrogen) atoms. The van der Waals surface area contributed by atoms with E-state index >= 15 is 0 Å². The third kappa shape index (κ3) is 2.34. The summed E-state index contributed by atoms with van der Waals surface area (Å²) in [5.41, 5.74) is 0. The Balaban J connectivity index is 2.39. The van der Waals surface area contributed by atoms with Crippen LogP contribution in [0.3, 0.4) is 0 Å². The number of amides is 1. The second-order valence-corrected chi connectivity index (χ2v) is 3.04. The van der Waals surface area contributed by atoms with Crippen molar-refractivity contribution in [3.63, 3.8) is 0 Å². The Morgan fingerprint density at radius 1 is 1.50 bits per heavy atom. The van der Waals surface area contributed by atoms with Crippen molar-refractivity contribution in [2.45, 2.75) is 37.6 Å². The average molecular weight is 177 g/mol. The molecule has 1 saturated carbocycles. The van der Waals surface area contributed by atoms with Crippen LogP contribution in [0.2, 0.25) is 0 Å². The van der Waals surface area contributed by atoms with Gasteiger partial charge in [0.25, 0.3) is 0 Å². The lowest BCUT2D eigenvalue weighted by Crippen LogP contribution is -2.45. The second kappa shape index (κ2) is 3.71. The molecule has 0 saturated heterocycles. The lowest BCUT2D eigenvalue weighted by molar-refractivity contribution is 0.0616. The number of hydrogen-bond acceptors (Lipinski definition) is 2. The molecular formula is C7H12FNO3. The van der Waals surface area contributed by atoms with Gasteiger partial charge >= 0.3 is 6.09 Å². The van der Waals surface area contributed by atoms with E-state index in [0.717, 1.165) is 0 Å². The van der Waals surface area contributed by atoms with Crippen LogP contribution in [0.5, 0.6) is 0 Å². The molecule has 1 amide bonds. The summed E-state index contributed by atoms with van der Waals surface area (Å²) in [7, 11) is 0. The Morgan fingerprint density at radius 2 is 2.17 bits per heavy atom. The van der Waals surface area contributed by atoms with Crippen LogP contribution >= 0.6 is 0 Å². The third-order valence-electron chi connectivity index (χ3n) is 2.05. The molecule has 1 aliphatic carbocycles. The van der Waals surface area contributed by atoms with E-state index in [0.29, 0.717) is 12.8 Å². The highest BCUT2D eigenvalue weighted by Gasteiger charge is 2.30. The molecule has 3 N–H and O–H groups in total. The summed E-state index contributed by atoms with van der Waals surface area (Å²) in [5, 5.41) is 19.4. The fourth-order valence-electron chi connectivity index (χ4n) is 1.42. The first-order chi connectivity index (χ1) is 5.59. The lowest BCUT2D eigenvalue weighted by atomic mass is 9.91. The van der Waals surface area contributed by atoms with Gasteiger partial charge in [-0.15, -0.1) is 0 Å². The highest BCUT2D eigenvalue weighted by atomic mass is 19.1. The van der Waals surface area contributed by atoms with Crippen LogP contribution in [-0.2, 0) is 0 Å². The number of rotatable bonds is 1. The molecule has 0 aliphatic heterocycles. The molecule has 0 heterocycles. The van der Waals surface area contributed by atoms with Crippen molar-refractivity contribution in [3.05, 3.63) is 0 Å². The molecule has 0 spiro atoms. The number of carboxylic acid groups (broad SMARTS) is 1. The van der Waals surface area contributed by atoms with E-state index in [1.54, 1.807) is 0 Å². The van der Waals surface area contributed by atoms with Crippen molar-refractivity contribution in [1.29, 1.82) is 0 Å². The molecule has 0 radical (unpaired) electrons. The minimum Gasteiger partial charge on any atom is -0.465 e. The van der Waals surface area contributed by atoms with Gasteiger partial charge in [-0.1, -0.05) is 0 Å². The van der Waals surface area contributed by atoms with Crippen molar-refractivity contribution < 1.29 is 19.4 Å². The van der Waals surface area contributed by atoms with E-state index < -0.39 is 24.4 Å². The summed E-state index contributed by atoms with van der Waals surface area (Å²) in [4.78, 5) is 10.2. The van der Waals surface area contributed by atoms with E-state index in [-0.39, 0.29) is 6.42 Å². The quantitative estimate of drug-likeness (QED) is 0.546. The molecule has 4 nitrogen and oxygen atoms in total. The van der Waals surface area contributed by atoms with E-state index in [1.165, 1.54) is 0 Å². The predicted octanol–water partition coefficient (Wildman–Crippen LogP) is 0.505. The Bertz CT molecular complexity index is 176. The Kier molecular flexibility index (Phi) is 2.86. The topological polar surface area (TPSA) is 69.6 Å². The van der Waals surface area contributed by atoms with Crippen molar-refractivity contribution in [3.8, 4) is 0 Å². The predicted molar refractivity (Wildman–Crippen MR) is 39.7 cm³/mol. The molecule has 70 valence electrons. The van der Waals surface area contributed by atoms with Gasteiger partial charge in [0.05, 0.1) is 12.1 Å². The summed E-state index contributed by atoms with van der Waals surface area (Å²) in [6.45, 7) is 0. The van der Waals surface area contributed by atoms with Crippen molar-refractivity contribution in [1.82, 2.24) is 5.32 Å². The first kappa shape index (κ1) is 9.25. The summed E-state index contributed by atoms with van der Waals surface area (Å²) < 4.78 is 13.0. The van der Waals surface area contributed by atoms with Crippen molar-refractivity contribution >= 4 is 6.09 Å². The van der Waals surface area contributed by atoms with Crippen LogP contribution in [0.4, 0.5) is 9.18 Å². The van der Waals surface area contributed by atoms with Crippen molar-refractivity contribution in [2.24, 2.45) is 0 Å². The average Bonchev–Trinajstić information content (AvgIpc) is 1.94. The molecular weight excluding hydrogens is 165 g/mol.